The number of aromatic nitrogens is 2. The molecule has 0 unspecified atom stereocenters. The number of halogens is 3. The summed E-state index contributed by atoms with van der Waals surface area (Å²) in [5.41, 5.74) is 1.33. The number of rotatable bonds is 4. The smallest absolute Gasteiger partial charge is 0.308 e. The summed E-state index contributed by atoms with van der Waals surface area (Å²) in [5.74, 6) is -0.374. The number of carbonyl (C=O) groups excluding carboxylic acids is 1. The highest BCUT2D eigenvalue weighted by atomic mass is 35.5. The quantitative estimate of drug-likeness (QED) is 0.635. The summed E-state index contributed by atoms with van der Waals surface area (Å²) >= 11 is 13.2. The minimum absolute atomic E-state index is 0.347. The van der Waals surface area contributed by atoms with Crippen LogP contribution < -0.4 is 10.6 Å². The van der Waals surface area contributed by atoms with Crippen molar-refractivity contribution < 1.29 is 9.18 Å². The lowest BCUT2D eigenvalue weighted by Crippen LogP contribution is -2.19. The van der Waals surface area contributed by atoms with E-state index in [1.54, 1.807) is 12.1 Å². The average molecular weight is 397 g/mol. The van der Waals surface area contributed by atoms with E-state index in [2.05, 4.69) is 20.8 Å². The Kier molecular flexibility index (Phi) is 5.47. The first-order valence-corrected chi connectivity index (χ1v) is 8.67. The second-order valence-electron chi connectivity index (χ2n) is 5.00. The Bertz CT molecular complexity index is 901. The van der Waals surface area contributed by atoms with Crippen LogP contribution in [0.25, 0.3) is 0 Å². The molecule has 1 heterocycles. The van der Waals surface area contributed by atoms with Gasteiger partial charge < -0.3 is 5.32 Å². The van der Waals surface area contributed by atoms with E-state index in [1.807, 2.05) is 6.07 Å². The zero-order valence-corrected chi connectivity index (χ0v) is 14.9. The van der Waals surface area contributed by atoms with E-state index in [9.17, 15) is 9.18 Å². The zero-order valence-electron chi connectivity index (χ0n) is 12.6. The molecule has 0 aliphatic carbocycles. The van der Waals surface area contributed by atoms with Crippen LogP contribution in [0, 0.1) is 5.82 Å². The van der Waals surface area contributed by atoms with E-state index in [-0.39, 0.29) is 5.82 Å². The minimum Gasteiger partial charge on any atom is -0.308 e. The summed E-state index contributed by atoms with van der Waals surface area (Å²) in [4.78, 5) is 11.9. The van der Waals surface area contributed by atoms with Gasteiger partial charge in [-0.25, -0.2) is 9.18 Å². The SMILES string of the molecule is O=C(Nc1ccc(F)cc1)Nc1nnc(Cc2ccc(Cl)cc2Cl)s1. The van der Waals surface area contributed by atoms with Gasteiger partial charge in [-0.05, 0) is 42.0 Å². The maximum Gasteiger partial charge on any atom is 0.325 e. The van der Waals surface area contributed by atoms with E-state index in [1.165, 1.54) is 35.6 Å². The largest absolute Gasteiger partial charge is 0.325 e. The fourth-order valence-corrected chi connectivity index (χ4v) is 3.23. The molecule has 9 heteroatoms. The molecule has 0 aliphatic heterocycles. The van der Waals surface area contributed by atoms with Crippen LogP contribution in [0.3, 0.4) is 0 Å². The second-order valence-corrected chi connectivity index (χ2v) is 6.91. The molecule has 0 saturated heterocycles. The third-order valence-electron chi connectivity index (χ3n) is 3.15. The lowest BCUT2D eigenvalue weighted by Gasteiger charge is -2.04. The van der Waals surface area contributed by atoms with Gasteiger partial charge in [-0.3, -0.25) is 5.32 Å². The van der Waals surface area contributed by atoms with E-state index < -0.39 is 6.03 Å². The first-order valence-electron chi connectivity index (χ1n) is 7.09. The van der Waals surface area contributed by atoms with Crippen molar-refractivity contribution in [3.8, 4) is 0 Å². The fraction of sp³-hybridized carbons (Fsp3) is 0.0625. The topological polar surface area (TPSA) is 66.9 Å². The van der Waals surface area contributed by atoms with E-state index >= 15 is 0 Å². The number of nitrogens with one attached hydrogen (secondary N) is 2. The van der Waals surface area contributed by atoms with Crippen molar-refractivity contribution in [2.45, 2.75) is 6.42 Å². The van der Waals surface area contributed by atoms with Crippen LogP contribution in [-0.2, 0) is 6.42 Å². The summed E-state index contributed by atoms with van der Waals surface area (Å²) in [7, 11) is 0. The summed E-state index contributed by atoms with van der Waals surface area (Å²) in [6.45, 7) is 0. The molecule has 2 amide bonds. The Labute approximate surface area is 156 Å². The number of hydrogen-bond acceptors (Lipinski definition) is 4. The summed E-state index contributed by atoms with van der Waals surface area (Å²) in [5, 5.41) is 15.3. The standard InChI is InChI=1S/C16H11Cl2FN4OS/c17-10-2-1-9(13(18)8-10)7-14-22-23-16(25-14)21-15(24)20-12-5-3-11(19)4-6-12/h1-6,8H,7H2,(H2,20,21,23,24). The average Bonchev–Trinajstić information content (AvgIpc) is 2.99. The number of benzene rings is 2. The van der Waals surface area contributed by atoms with Crippen LogP contribution in [0.5, 0.6) is 0 Å². The molecule has 0 fully saturated rings. The molecule has 25 heavy (non-hydrogen) atoms. The van der Waals surface area contributed by atoms with Gasteiger partial charge in [0.25, 0.3) is 0 Å². The van der Waals surface area contributed by atoms with E-state index in [0.29, 0.717) is 32.3 Å². The van der Waals surface area contributed by atoms with Gasteiger partial charge in [0.2, 0.25) is 5.13 Å². The molecule has 5 nitrogen and oxygen atoms in total. The van der Waals surface area contributed by atoms with Gasteiger partial charge in [0.15, 0.2) is 0 Å². The molecule has 2 N–H and O–H groups in total. The number of amides is 2. The Morgan fingerprint density at radius 2 is 1.84 bits per heavy atom. The van der Waals surface area contributed by atoms with Crippen LogP contribution in [0.2, 0.25) is 10.0 Å². The van der Waals surface area contributed by atoms with E-state index in [0.717, 1.165) is 5.56 Å². The zero-order chi connectivity index (χ0) is 17.8. The van der Waals surface area contributed by atoms with Gasteiger partial charge in [0.1, 0.15) is 10.8 Å². The molecular weight excluding hydrogens is 386 g/mol. The first kappa shape index (κ1) is 17.6. The normalized spacial score (nSPS) is 10.5. The van der Waals surface area contributed by atoms with Gasteiger partial charge in [-0.2, -0.15) is 0 Å². The summed E-state index contributed by atoms with van der Waals surface area (Å²) < 4.78 is 12.8. The third kappa shape index (κ3) is 4.88. The number of carbonyl (C=O) groups is 1. The number of nitrogens with zero attached hydrogens (tertiary/aromatic N) is 2. The van der Waals surface area contributed by atoms with Crippen molar-refractivity contribution >= 4 is 51.4 Å². The van der Waals surface area contributed by atoms with E-state index in [4.69, 9.17) is 23.2 Å². The molecule has 0 radical (unpaired) electrons. The van der Waals surface area contributed by atoms with Gasteiger partial charge in [0.05, 0.1) is 0 Å². The minimum atomic E-state index is -0.487. The molecule has 3 rings (SSSR count). The lowest BCUT2D eigenvalue weighted by atomic mass is 10.2. The molecule has 0 atom stereocenters. The van der Waals surface area contributed by atoms with Crippen molar-refractivity contribution in [1.82, 2.24) is 10.2 Å². The molecular formula is C16H11Cl2FN4OS. The highest BCUT2D eigenvalue weighted by Gasteiger charge is 2.11. The molecule has 0 bridgehead atoms. The Morgan fingerprint density at radius 1 is 1.08 bits per heavy atom. The van der Waals surface area contributed by atoms with Crippen LogP contribution in [0.4, 0.5) is 20.0 Å². The predicted molar refractivity (Wildman–Crippen MR) is 98.2 cm³/mol. The van der Waals surface area contributed by atoms with Crippen molar-refractivity contribution in [3.63, 3.8) is 0 Å². The number of urea groups is 1. The van der Waals surface area contributed by atoms with Crippen LogP contribution in [-0.4, -0.2) is 16.2 Å². The van der Waals surface area contributed by atoms with Gasteiger partial charge in [-0.1, -0.05) is 40.6 Å². The number of hydrogen-bond donors (Lipinski definition) is 2. The third-order valence-corrected chi connectivity index (χ3v) is 4.57. The molecule has 3 aromatic rings. The molecule has 0 saturated carbocycles. The van der Waals surface area contributed by atoms with Crippen molar-refractivity contribution in [1.29, 1.82) is 0 Å². The highest BCUT2D eigenvalue weighted by molar-refractivity contribution is 7.15. The molecule has 2 aromatic carbocycles. The van der Waals surface area contributed by atoms with Crippen molar-refractivity contribution in [2.24, 2.45) is 0 Å². The van der Waals surface area contributed by atoms with Crippen LogP contribution in [0.1, 0.15) is 10.6 Å². The van der Waals surface area contributed by atoms with Crippen molar-refractivity contribution in [2.75, 3.05) is 10.6 Å². The maximum absolute atomic E-state index is 12.8. The monoisotopic (exact) mass is 396 g/mol. The van der Waals surface area contributed by atoms with Gasteiger partial charge in [0, 0.05) is 22.2 Å². The van der Waals surface area contributed by atoms with Crippen LogP contribution >= 0.6 is 34.5 Å². The fourth-order valence-electron chi connectivity index (χ4n) is 2.00. The summed E-state index contributed by atoms with van der Waals surface area (Å²) in [6, 6.07) is 10.2. The van der Waals surface area contributed by atoms with Crippen molar-refractivity contribution in [3.05, 3.63) is 68.9 Å². The summed E-state index contributed by atoms with van der Waals surface area (Å²) in [6.07, 6.45) is 0.481. The molecule has 128 valence electrons. The molecule has 0 aliphatic rings. The molecule has 1 aromatic heterocycles. The van der Waals surface area contributed by atoms with Crippen LogP contribution in [0.15, 0.2) is 42.5 Å². The maximum atomic E-state index is 12.8. The first-order chi connectivity index (χ1) is 12.0. The second kappa shape index (κ2) is 7.77. The molecule has 0 spiro atoms. The Morgan fingerprint density at radius 3 is 2.56 bits per heavy atom. The lowest BCUT2D eigenvalue weighted by molar-refractivity contribution is 0.262. The van der Waals surface area contributed by atoms with Gasteiger partial charge >= 0.3 is 6.03 Å². The Balaban J connectivity index is 1.61. The van der Waals surface area contributed by atoms with Gasteiger partial charge in [-0.15, -0.1) is 10.2 Å². The highest BCUT2D eigenvalue weighted by Crippen LogP contribution is 2.25. The predicted octanol–water partition coefficient (Wildman–Crippen LogP) is 5.22. The number of anilines is 2. The Hall–Kier alpha value is -2.22.